The average molecular weight is 471 g/mol. The number of hydrogen-bond acceptors (Lipinski definition) is 5. The molecule has 0 heterocycles. The first kappa shape index (κ1) is 23.9. The van der Waals surface area contributed by atoms with Gasteiger partial charge in [0.2, 0.25) is 0 Å². The van der Waals surface area contributed by atoms with Gasteiger partial charge in [-0.2, -0.15) is 0 Å². The van der Waals surface area contributed by atoms with Crippen molar-refractivity contribution in [3.05, 3.63) is 95.3 Å². The molecule has 9 heteroatoms. The van der Waals surface area contributed by atoms with Gasteiger partial charge >= 0.3 is 5.97 Å². The summed E-state index contributed by atoms with van der Waals surface area (Å²) in [7, 11) is -4.06. The van der Waals surface area contributed by atoms with Crippen molar-refractivity contribution in [2.24, 2.45) is 0 Å². The first-order chi connectivity index (χ1) is 15.7. The zero-order valence-corrected chi connectivity index (χ0v) is 18.9. The molecule has 7 nitrogen and oxygen atoms in total. The van der Waals surface area contributed by atoms with Crippen LogP contribution in [0.15, 0.2) is 77.7 Å². The molecule has 0 aliphatic rings. The zero-order chi connectivity index (χ0) is 24.0. The van der Waals surface area contributed by atoms with Crippen LogP contribution in [0.3, 0.4) is 0 Å². The quantitative estimate of drug-likeness (QED) is 0.488. The molecule has 0 aliphatic heterocycles. The predicted octanol–water partition coefficient (Wildman–Crippen LogP) is 3.80. The lowest BCUT2D eigenvalue weighted by Crippen LogP contribution is -2.35. The molecular weight excluding hydrogens is 447 g/mol. The number of hydrogen-bond donors (Lipinski definition) is 2. The van der Waals surface area contributed by atoms with Crippen molar-refractivity contribution in [1.29, 1.82) is 0 Å². The summed E-state index contributed by atoms with van der Waals surface area (Å²) >= 11 is 0. The molecule has 1 unspecified atom stereocenters. The normalized spacial score (nSPS) is 12.0. The van der Waals surface area contributed by atoms with Crippen LogP contribution in [0.5, 0.6) is 0 Å². The number of carbonyl (C=O) groups excluding carboxylic acids is 2. The number of esters is 1. The summed E-state index contributed by atoms with van der Waals surface area (Å²) in [4.78, 5) is 24.7. The summed E-state index contributed by atoms with van der Waals surface area (Å²) in [5.74, 6) is -1.82. The molecule has 0 saturated heterocycles. The molecule has 3 aromatic rings. The smallest absolute Gasteiger partial charge is 0.338 e. The van der Waals surface area contributed by atoms with Gasteiger partial charge in [0.1, 0.15) is 5.82 Å². The number of ether oxygens (including phenoxy) is 1. The number of rotatable bonds is 8. The fourth-order valence-corrected chi connectivity index (χ4v) is 4.29. The van der Waals surface area contributed by atoms with Crippen LogP contribution < -0.4 is 10.0 Å². The van der Waals surface area contributed by atoms with Crippen LogP contribution >= 0.6 is 0 Å². The summed E-state index contributed by atoms with van der Waals surface area (Å²) in [6, 6.07) is 18.2. The molecule has 0 aromatic heterocycles. The molecule has 0 radical (unpaired) electrons. The maximum absolute atomic E-state index is 13.1. The molecule has 3 aromatic carbocycles. The Labute approximate surface area is 191 Å². The lowest BCUT2D eigenvalue weighted by molar-refractivity contribution is -0.129. The third-order valence-corrected chi connectivity index (χ3v) is 6.30. The number of amides is 1. The molecule has 33 heavy (non-hydrogen) atoms. The van der Waals surface area contributed by atoms with Crippen LogP contribution in [0.2, 0.25) is 0 Å². The highest BCUT2D eigenvalue weighted by Crippen LogP contribution is 2.22. The molecule has 0 bridgehead atoms. The van der Waals surface area contributed by atoms with Crippen molar-refractivity contribution in [1.82, 2.24) is 5.32 Å². The molecule has 1 amide bonds. The van der Waals surface area contributed by atoms with Crippen molar-refractivity contribution in [2.75, 3.05) is 4.72 Å². The zero-order valence-electron chi connectivity index (χ0n) is 18.0. The van der Waals surface area contributed by atoms with E-state index in [0.717, 1.165) is 17.7 Å². The molecule has 0 spiro atoms. The number of aryl methyl sites for hydroxylation is 1. The fraction of sp³-hybridized carbons (Fsp3) is 0.167. The molecule has 0 fully saturated rings. The van der Waals surface area contributed by atoms with Gasteiger partial charge in [-0.15, -0.1) is 0 Å². The van der Waals surface area contributed by atoms with Crippen LogP contribution in [0, 0.1) is 12.7 Å². The van der Waals surface area contributed by atoms with Gasteiger partial charge in [-0.1, -0.05) is 36.4 Å². The van der Waals surface area contributed by atoms with Crippen LogP contribution in [-0.2, 0) is 26.1 Å². The summed E-state index contributed by atoms with van der Waals surface area (Å²) in [5, 5.41) is 2.68. The third kappa shape index (κ3) is 6.39. The van der Waals surface area contributed by atoms with Crippen LogP contribution in [-0.4, -0.2) is 26.4 Å². The number of anilines is 1. The Morgan fingerprint density at radius 1 is 1.00 bits per heavy atom. The van der Waals surface area contributed by atoms with Crippen molar-refractivity contribution in [2.45, 2.75) is 31.4 Å². The minimum atomic E-state index is -4.06. The maximum atomic E-state index is 13.1. The Hall–Kier alpha value is -3.72. The van der Waals surface area contributed by atoms with E-state index in [-0.39, 0.29) is 22.7 Å². The van der Waals surface area contributed by atoms with Crippen LogP contribution in [0.1, 0.15) is 28.4 Å². The lowest BCUT2D eigenvalue weighted by Gasteiger charge is -2.15. The second-order valence-electron chi connectivity index (χ2n) is 7.34. The van der Waals surface area contributed by atoms with E-state index in [1.165, 1.54) is 37.3 Å². The highest BCUT2D eigenvalue weighted by Gasteiger charge is 2.23. The highest BCUT2D eigenvalue weighted by molar-refractivity contribution is 7.92. The molecule has 0 saturated carbocycles. The summed E-state index contributed by atoms with van der Waals surface area (Å²) in [5.41, 5.74) is 1.44. The maximum Gasteiger partial charge on any atom is 0.338 e. The van der Waals surface area contributed by atoms with Gasteiger partial charge in [-0.05, 0) is 61.4 Å². The Morgan fingerprint density at radius 3 is 2.33 bits per heavy atom. The van der Waals surface area contributed by atoms with E-state index in [1.54, 1.807) is 6.92 Å². The van der Waals surface area contributed by atoms with Gasteiger partial charge in [0.15, 0.2) is 6.10 Å². The number of carbonyl (C=O) groups is 2. The summed E-state index contributed by atoms with van der Waals surface area (Å²) in [6.45, 7) is 3.29. The van der Waals surface area contributed by atoms with Gasteiger partial charge in [-0.25, -0.2) is 17.6 Å². The fourth-order valence-electron chi connectivity index (χ4n) is 2.96. The van der Waals surface area contributed by atoms with Gasteiger partial charge in [-0.3, -0.25) is 9.52 Å². The first-order valence-corrected chi connectivity index (χ1v) is 11.6. The van der Waals surface area contributed by atoms with Gasteiger partial charge in [0.25, 0.3) is 15.9 Å². The van der Waals surface area contributed by atoms with Crippen molar-refractivity contribution in [3.8, 4) is 0 Å². The Morgan fingerprint density at radius 2 is 1.67 bits per heavy atom. The van der Waals surface area contributed by atoms with E-state index in [9.17, 15) is 22.4 Å². The van der Waals surface area contributed by atoms with E-state index in [4.69, 9.17) is 4.74 Å². The van der Waals surface area contributed by atoms with Crippen LogP contribution in [0.25, 0.3) is 0 Å². The van der Waals surface area contributed by atoms with Crippen molar-refractivity contribution >= 4 is 27.6 Å². The largest absolute Gasteiger partial charge is 0.449 e. The second kappa shape index (κ2) is 10.3. The standard InChI is InChI=1S/C24H23FN2O5S/c1-16-8-9-19(14-22(16)33(30,31)27-21-12-10-20(25)11-13-21)24(29)32-17(2)23(28)26-15-18-6-4-3-5-7-18/h3-14,17,27H,15H2,1-2H3,(H,26,28). The number of halogens is 1. The van der Waals surface area contributed by atoms with E-state index in [0.29, 0.717) is 5.56 Å². The minimum absolute atomic E-state index is 0.0252. The minimum Gasteiger partial charge on any atom is -0.449 e. The molecule has 0 aliphatic carbocycles. The highest BCUT2D eigenvalue weighted by atomic mass is 32.2. The Kier molecular flexibility index (Phi) is 7.44. The van der Waals surface area contributed by atoms with Gasteiger partial charge in [0.05, 0.1) is 10.5 Å². The molecule has 1 atom stereocenters. The Balaban J connectivity index is 1.69. The van der Waals surface area contributed by atoms with E-state index in [1.807, 2.05) is 30.3 Å². The first-order valence-electron chi connectivity index (χ1n) is 10.1. The molecule has 3 rings (SSSR count). The van der Waals surface area contributed by atoms with Crippen molar-refractivity contribution < 1.29 is 27.1 Å². The number of nitrogens with one attached hydrogen (secondary N) is 2. The predicted molar refractivity (Wildman–Crippen MR) is 122 cm³/mol. The van der Waals surface area contributed by atoms with Gasteiger partial charge < -0.3 is 10.1 Å². The number of sulfonamides is 1. The van der Waals surface area contributed by atoms with E-state index < -0.39 is 33.8 Å². The third-order valence-electron chi connectivity index (χ3n) is 4.77. The van der Waals surface area contributed by atoms with Crippen LogP contribution in [0.4, 0.5) is 10.1 Å². The van der Waals surface area contributed by atoms with E-state index >= 15 is 0 Å². The van der Waals surface area contributed by atoms with Crippen molar-refractivity contribution in [3.63, 3.8) is 0 Å². The van der Waals surface area contributed by atoms with E-state index in [2.05, 4.69) is 10.0 Å². The molecular formula is C24H23FN2O5S. The topological polar surface area (TPSA) is 102 Å². The molecule has 172 valence electrons. The lowest BCUT2D eigenvalue weighted by atomic mass is 10.1. The SMILES string of the molecule is Cc1ccc(C(=O)OC(C)C(=O)NCc2ccccc2)cc1S(=O)(=O)Nc1ccc(F)cc1. The second-order valence-corrected chi connectivity index (χ2v) is 8.99. The Bertz CT molecular complexity index is 1250. The monoisotopic (exact) mass is 470 g/mol. The molecule has 2 N–H and O–H groups in total. The summed E-state index contributed by atoms with van der Waals surface area (Å²) < 4.78 is 46.3. The number of benzene rings is 3. The summed E-state index contributed by atoms with van der Waals surface area (Å²) in [6.07, 6.45) is -1.08. The van der Waals surface area contributed by atoms with Gasteiger partial charge in [0, 0.05) is 12.2 Å². The average Bonchev–Trinajstić information content (AvgIpc) is 2.79.